The van der Waals surface area contributed by atoms with Crippen molar-refractivity contribution in [3.63, 3.8) is 0 Å². The van der Waals surface area contributed by atoms with Gasteiger partial charge in [0.05, 0.1) is 17.1 Å². The number of hydrogen-bond acceptors (Lipinski definition) is 13. The topological polar surface area (TPSA) is 234 Å². The van der Waals surface area contributed by atoms with Crippen LogP contribution >= 0.6 is 0 Å². The van der Waals surface area contributed by atoms with E-state index in [1.54, 1.807) is 30.0 Å². The molecule has 10 rings (SSSR count). The van der Waals surface area contributed by atoms with E-state index < -0.39 is 37.1 Å². The quantitative estimate of drug-likeness (QED) is 0.131. The Bertz CT molecular complexity index is 2920. The molecule has 2 spiro atoms. The van der Waals surface area contributed by atoms with Crippen molar-refractivity contribution in [1.29, 1.82) is 0 Å². The lowest BCUT2D eigenvalue weighted by Gasteiger charge is -2.35. The van der Waals surface area contributed by atoms with Gasteiger partial charge in [0.1, 0.15) is 36.1 Å². The van der Waals surface area contributed by atoms with Crippen LogP contribution in [0.1, 0.15) is 147 Å². The Morgan fingerprint density at radius 2 is 0.988 bits per heavy atom. The summed E-state index contributed by atoms with van der Waals surface area (Å²) in [5, 5.41) is 18.4. The lowest BCUT2D eigenvalue weighted by atomic mass is 9.80. The van der Waals surface area contributed by atoms with Crippen LogP contribution in [-0.4, -0.2) is 208 Å². The number of carboxylic acids is 1. The fourth-order valence-corrected chi connectivity index (χ4v) is 16.5. The number of aryl methyl sites for hydroxylation is 4. The van der Waals surface area contributed by atoms with E-state index in [1.807, 2.05) is 24.0 Å². The van der Waals surface area contributed by atoms with E-state index in [0.29, 0.717) is 108 Å². The molecule has 2 aliphatic carbocycles. The number of halogens is 2. The number of carboxylic acid groups (broad SMARTS) is 1. The molecule has 8 aliphatic rings. The molecule has 3 amide bonds. The summed E-state index contributed by atoms with van der Waals surface area (Å²) >= 11 is 0. The first kappa shape index (κ1) is 66.2. The lowest BCUT2D eigenvalue weighted by molar-refractivity contribution is -0.125. The van der Waals surface area contributed by atoms with Gasteiger partial charge in [-0.05, 0) is 162 Å². The Morgan fingerprint density at radius 3 is 1.38 bits per heavy atom. The smallest absolute Gasteiger partial charge is 0.335 e. The molecule has 2 aromatic carbocycles. The first-order valence-corrected chi connectivity index (χ1v) is 34.7. The summed E-state index contributed by atoms with van der Waals surface area (Å²) in [7, 11) is -7.01. The largest absolute Gasteiger partial charge is 0.478 e. The third-order valence-electron chi connectivity index (χ3n) is 19.6. The molecular weight excluding hydrogens is 1130 g/mol. The number of hydrogen-bond donors (Lipinski definition) is 4. The van der Waals surface area contributed by atoms with Crippen molar-refractivity contribution >= 4 is 55.4 Å². The number of amidine groups is 2. The molecule has 85 heavy (non-hydrogen) atoms. The molecule has 6 aliphatic heterocycles. The van der Waals surface area contributed by atoms with Crippen LogP contribution in [0.2, 0.25) is 0 Å². The maximum atomic E-state index is 13.3. The number of amides is 3. The number of aromatic carboxylic acids is 1. The summed E-state index contributed by atoms with van der Waals surface area (Å²) in [6, 6.07) is 10.2. The van der Waals surface area contributed by atoms with Gasteiger partial charge in [0.2, 0.25) is 20.0 Å². The molecule has 6 heterocycles. The molecule has 23 heteroatoms. The molecule has 2 aromatic rings. The average Bonchev–Trinajstić information content (AvgIpc) is 3.34. The predicted octanol–water partition coefficient (Wildman–Crippen LogP) is 6.18. The fourth-order valence-electron chi connectivity index (χ4n) is 13.6. The third-order valence-corrected chi connectivity index (χ3v) is 23.4. The Hall–Kier alpha value is -4.78. The molecule has 4 saturated heterocycles. The number of piperidine rings is 2. The van der Waals surface area contributed by atoms with Gasteiger partial charge in [-0.25, -0.2) is 39.0 Å². The van der Waals surface area contributed by atoms with E-state index in [4.69, 9.17) is 15.1 Å². The van der Waals surface area contributed by atoms with Crippen molar-refractivity contribution in [3.8, 4) is 0 Å². The molecule has 0 unspecified atom stereocenters. The molecule has 6 fully saturated rings. The van der Waals surface area contributed by atoms with Gasteiger partial charge in [0.25, 0.3) is 17.7 Å². The van der Waals surface area contributed by atoms with Crippen molar-refractivity contribution in [2.75, 3.05) is 116 Å². The second-order valence-corrected chi connectivity index (χ2v) is 29.0. The van der Waals surface area contributed by atoms with Gasteiger partial charge in [0.15, 0.2) is 0 Å². The molecule has 4 N–H and O–H groups in total. The van der Waals surface area contributed by atoms with Crippen LogP contribution in [0.4, 0.5) is 8.78 Å². The number of rotatable bonds is 18. The SMILES string of the molecule is CCC1CCC(C2=NC3(CCN(S(=O)(=O)CCc4ccc(C(=O)N5CCN(CCF)CC5)cc4C)CC3)C(=O)N2)CC1.CCC1CCC(C2=NC3(CCN(S(=O)(=O)CCc4ccc(C(=O)O)cc4C)CC3)C(=O)N2)CC1.FCCN1CCNCC1. The lowest BCUT2D eigenvalue weighted by Crippen LogP contribution is -2.51. The number of piperazine rings is 2. The van der Waals surface area contributed by atoms with Crippen LogP contribution in [0.25, 0.3) is 0 Å². The number of alkyl halides is 2. The van der Waals surface area contributed by atoms with Crippen LogP contribution in [-0.2, 0) is 42.5 Å². The zero-order valence-electron chi connectivity index (χ0n) is 50.7. The van der Waals surface area contributed by atoms with Crippen molar-refractivity contribution in [2.24, 2.45) is 33.7 Å². The predicted molar refractivity (Wildman–Crippen MR) is 328 cm³/mol. The third kappa shape index (κ3) is 16.9. The van der Waals surface area contributed by atoms with Crippen LogP contribution in [0.15, 0.2) is 46.4 Å². The maximum Gasteiger partial charge on any atom is 0.335 e. The van der Waals surface area contributed by atoms with Gasteiger partial charge in [0, 0.05) is 109 Å². The number of aliphatic imine (C=N–C) groups is 2. The normalized spacial score (nSPS) is 25.0. The van der Waals surface area contributed by atoms with Gasteiger partial charge in [-0.15, -0.1) is 0 Å². The molecule has 0 bridgehead atoms. The van der Waals surface area contributed by atoms with E-state index >= 15 is 0 Å². The molecule has 0 radical (unpaired) electrons. The first-order chi connectivity index (χ1) is 40.7. The second kappa shape index (κ2) is 29.9. The highest BCUT2D eigenvalue weighted by molar-refractivity contribution is 7.89. The minimum atomic E-state index is -3.51. The number of carbonyl (C=O) groups is 4. The minimum absolute atomic E-state index is 0.0218. The molecular formula is C62H94F2N10O9S2. The van der Waals surface area contributed by atoms with Crippen LogP contribution in [0.3, 0.4) is 0 Å². The van der Waals surface area contributed by atoms with E-state index in [1.165, 1.54) is 53.2 Å². The molecule has 472 valence electrons. The van der Waals surface area contributed by atoms with Crippen molar-refractivity contribution in [1.82, 2.24) is 39.3 Å². The number of carbonyl (C=O) groups excluding carboxylic acids is 3. The van der Waals surface area contributed by atoms with Gasteiger partial charge in [-0.3, -0.25) is 34.2 Å². The highest BCUT2D eigenvalue weighted by atomic mass is 32.2. The number of sulfonamides is 2. The zero-order chi connectivity index (χ0) is 60.9. The molecule has 0 aromatic heterocycles. The number of nitrogens with one attached hydrogen (secondary N) is 3. The summed E-state index contributed by atoms with van der Waals surface area (Å²) < 4.78 is 79.9. The molecule has 19 nitrogen and oxygen atoms in total. The monoisotopic (exact) mass is 1220 g/mol. The summed E-state index contributed by atoms with van der Waals surface area (Å²) in [5.41, 5.74) is 2.51. The van der Waals surface area contributed by atoms with E-state index in [9.17, 15) is 44.8 Å². The number of nitrogens with zero attached hydrogens (tertiary/aromatic N) is 7. The van der Waals surface area contributed by atoms with Gasteiger partial charge < -0.3 is 26.0 Å². The van der Waals surface area contributed by atoms with Gasteiger partial charge in [-0.1, -0.05) is 38.8 Å². The van der Waals surface area contributed by atoms with E-state index in [0.717, 1.165) is 97.6 Å². The molecule has 0 atom stereocenters. The Kier molecular flexibility index (Phi) is 23.3. The Labute approximate surface area is 503 Å². The summed E-state index contributed by atoms with van der Waals surface area (Å²) in [6.07, 6.45) is 13.6. The second-order valence-electron chi connectivity index (χ2n) is 24.8. The van der Waals surface area contributed by atoms with E-state index in [2.05, 4.69) is 34.7 Å². The average molecular weight is 1230 g/mol. The van der Waals surface area contributed by atoms with Crippen LogP contribution in [0, 0.1) is 37.5 Å². The Balaban J connectivity index is 0.000000196. The number of benzene rings is 2. The zero-order valence-corrected chi connectivity index (χ0v) is 52.4. The molecule has 2 saturated carbocycles. The van der Waals surface area contributed by atoms with Crippen LogP contribution in [0.5, 0.6) is 0 Å². The van der Waals surface area contributed by atoms with Crippen LogP contribution < -0.4 is 16.0 Å². The Morgan fingerprint density at radius 1 is 0.588 bits per heavy atom. The fraction of sp³-hybridized carbons (Fsp3) is 0.710. The highest BCUT2D eigenvalue weighted by Crippen LogP contribution is 2.39. The van der Waals surface area contributed by atoms with Crippen molar-refractivity contribution < 1.29 is 49.9 Å². The van der Waals surface area contributed by atoms with E-state index in [-0.39, 0.29) is 61.2 Å². The highest BCUT2D eigenvalue weighted by Gasteiger charge is 2.50. The standard InChI is InChI=1S/C31H46FN5O4S.C25H35N3O5S.C6H13FN2/c1-3-24-4-6-26(7-5-24)28-33-30(39)31(34-28)11-14-37(15-12-31)42(40,41)21-10-25-8-9-27(22-23(25)2)29(38)36-19-17-35(16-13-32)18-20-36;1-3-18-4-6-20(7-5-18)22-26-24(31)25(27-22)11-13-28(14-12-25)34(32,33)15-10-19-8-9-21(23(29)30)16-17(19)2;7-1-4-9-5-2-8-3-6-9/h8-9,22,24,26H,3-7,10-21H2,1-2H3,(H,33,34,39);8-9,16,18,20H,3-7,10-15H2,1-2H3,(H,29,30)(H,26,27,31);8H,1-6H2. The van der Waals surface area contributed by atoms with Crippen molar-refractivity contribution in [2.45, 2.75) is 142 Å². The summed E-state index contributed by atoms with van der Waals surface area (Å²) in [5.74, 6) is 2.53. The van der Waals surface area contributed by atoms with Crippen molar-refractivity contribution in [3.05, 3.63) is 69.8 Å². The summed E-state index contributed by atoms with van der Waals surface area (Å²) in [4.78, 5) is 65.7. The minimum Gasteiger partial charge on any atom is -0.478 e. The van der Waals surface area contributed by atoms with Gasteiger partial charge in [-0.2, -0.15) is 0 Å². The first-order valence-electron chi connectivity index (χ1n) is 31.5. The van der Waals surface area contributed by atoms with Gasteiger partial charge >= 0.3 is 5.97 Å². The summed E-state index contributed by atoms with van der Waals surface area (Å²) in [6.45, 7) is 16.3. The maximum absolute atomic E-state index is 13.3.